The Balaban J connectivity index is 2.35. The zero-order chi connectivity index (χ0) is 9.80. The Kier molecular flexibility index (Phi) is 2.57. The molecule has 0 aliphatic carbocycles. The van der Waals surface area contributed by atoms with E-state index in [2.05, 4.69) is 16.8 Å². The van der Waals surface area contributed by atoms with Crippen molar-refractivity contribution in [1.82, 2.24) is 4.98 Å². The van der Waals surface area contributed by atoms with Gasteiger partial charge in [0, 0.05) is 5.56 Å². The molecule has 0 amide bonds. The van der Waals surface area contributed by atoms with Crippen molar-refractivity contribution in [2.45, 2.75) is 6.42 Å². The SMILES string of the molecule is O=CCC#Cc1ccc2scnc2c1. The topological polar surface area (TPSA) is 30.0 Å². The summed E-state index contributed by atoms with van der Waals surface area (Å²) in [6.45, 7) is 0. The molecule has 0 radical (unpaired) electrons. The highest BCUT2D eigenvalue weighted by molar-refractivity contribution is 7.16. The van der Waals surface area contributed by atoms with Gasteiger partial charge in [-0.1, -0.05) is 11.8 Å². The van der Waals surface area contributed by atoms with Gasteiger partial charge in [0.25, 0.3) is 0 Å². The molecule has 1 heterocycles. The second kappa shape index (κ2) is 4.03. The van der Waals surface area contributed by atoms with E-state index in [0.29, 0.717) is 0 Å². The fourth-order valence-electron chi connectivity index (χ4n) is 1.13. The van der Waals surface area contributed by atoms with E-state index in [1.807, 2.05) is 23.7 Å². The van der Waals surface area contributed by atoms with Crippen LogP contribution in [0.5, 0.6) is 0 Å². The maximum atomic E-state index is 10.1. The molecule has 3 heteroatoms. The number of nitrogens with zero attached hydrogens (tertiary/aromatic N) is 1. The van der Waals surface area contributed by atoms with Gasteiger partial charge in [-0.15, -0.1) is 11.3 Å². The maximum absolute atomic E-state index is 10.1. The van der Waals surface area contributed by atoms with Crippen LogP contribution in [-0.4, -0.2) is 11.3 Å². The predicted octanol–water partition coefficient (Wildman–Crippen LogP) is 2.24. The van der Waals surface area contributed by atoms with Crippen molar-refractivity contribution < 1.29 is 4.79 Å². The number of thiazole rings is 1. The molecule has 0 atom stereocenters. The first-order valence-electron chi connectivity index (χ1n) is 4.16. The Bertz CT molecular complexity index is 519. The van der Waals surface area contributed by atoms with Crippen LogP contribution in [-0.2, 0) is 4.79 Å². The average molecular weight is 201 g/mol. The normalized spacial score (nSPS) is 9.43. The molecular formula is C11H7NOS. The summed E-state index contributed by atoms with van der Waals surface area (Å²) in [6.07, 6.45) is 1.09. The van der Waals surface area contributed by atoms with Crippen LogP contribution in [0.1, 0.15) is 12.0 Å². The Morgan fingerprint density at radius 2 is 2.43 bits per heavy atom. The number of carbonyl (C=O) groups excluding carboxylic acids is 1. The van der Waals surface area contributed by atoms with Crippen LogP contribution < -0.4 is 0 Å². The molecule has 0 aliphatic heterocycles. The van der Waals surface area contributed by atoms with Gasteiger partial charge in [0.1, 0.15) is 6.29 Å². The molecule has 68 valence electrons. The van der Waals surface area contributed by atoms with E-state index in [0.717, 1.165) is 22.1 Å². The first-order chi connectivity index (χ1) is 6.90. The summed E-state index contributed by atoms with van der Waals surface area (Å²) < 4.78 is 1.16. The summed E-state index contributed by atoms with van der Waals surface area (Å²) in [4.78, 5) is 14.2. The number of hydrogen-bond donors (Lipinski definition) is 0. The molecule has 2 aromatic rings. The van der Waals surface area contributed by atoms with Crippen LogP contribution in [0.2, 0.25) is 0 Å². The zero-order valence-corrected chi connectivity index (χ0v) is 8.17. The largest absolute Gasteiger partial charge is 0.302 e. The molecule has 0 bridgehead atoms. The van der Waals surface area contributed by atoms with Crippen molar-refractivity contribution in [2.24, 2.45) is 0 Å². The lowest BCUT2D eigenvalue weighted by atomic mass is 10.2. The molecule has 0 N–H and O–H groups in total. The highest BCUT2D eigenvalue weighted by atomic mass is 32.1. The number of hydrogen-bond acceptors (Lipinski definition) is 3. The minimum absolute atomic E-state index is 0.287. The van der Waals surface area contributed by atoms with E-state index < -0.39 is 0 Å². The highest BCUT2D eigenvalue weighted by Gasteiger charge is 1.95. The van der Waals surface area contributed by atoms with Gasteiger partial charge in [0.15, 0.2) is 0 Å². The van der Waals surface area contributed by atoms with Crippen molar-refractivity contribution in [3.8, 4) is 11.8 Å². The summed E-state index contributed by atoms with van der Waals surface area (Å²) in [5, 5.41) is 0. The van der Waals surface area contributed by atoms with E-state index >= 15 is 0 Å². The summed E-state index contributed by atoms with van der Waals surface area (Å²) in [5.74, 6) is 5.68. The van der Waals surface area contributed by atoms with Gasteiger partial charge in [-0.2, -0.15) is 0 Å². The molecule has 14 heavy (non-hydrogen) atoms. The number of aldehydes is 1. The molecule has 0 saturated heterocycles. The second-order valence-electron chi connectivity index (χ2n) is 2.71. The molecule has 2 nitrogen and oxygen atoms in total. The lowest BCUT2D eigenvalue weighted by Crippen LogP contribution is -1.75. The van der Waals surface area contributed by atoms with Crippen molar-refractivity contribution in [1.29, 1.82) is 0 Å². The number of fused-ring (bicyclic) bond motifs is 1. The van der Waals surface area contributed by atoms with Gasteiger partial charge in [0.05, 0.1) is 22.1 Å². The number of benzene rings is 1. The Labute approximate surface area is 85.6 Å². The molecule has 0 unspecified atom stereocenters. The van der Waals surface area contributed by atoms with Crippen molar-refractivity contribution >= 4 is 27.8 Å². The summed E-state index contributed by atoms with van der Waals surface area (Å²) in [7, 11) is 0. The molecule has 0 spiro atoms. The van der Waals surface area contributed by atoms with Gasteiger partial charge >= 0.3 is 0 Å². The van der Waals surface area contributed by atoms with Crippen LogP contribution in [0.25, 0.3) is 10.2 Å². The van der Waals surface area contributed by atoms with E-state index in [1.165, 1.54) is 0 Å². The van der Waals surface area contributed by atoms with Crippen molar-refractivity contribution in [3.63, 3.8) is 0 Å². The molecule has 2 rings (SSSR count). The lowest BCUT2D eigenvalue weighted by Gasteiger charge is -1.89. The first kappa shape index (κ1) is 8.92. The summed E-state index contributed by atoms with van der Waals surface area (Å²) in [5.41, 5.74) is 3.69. The molecule has 1 aromatic heterocycles. The minimum Gasteiger partial charge on any atom is -0.302 e. The number of carbonyl (C=O) groups is 1. The van der Waals surface area contributed by atoms with Gasteiger partial charge in [-0.25, -0.2) is 4.98 Å². The average Bonchev–Trinajstić information content (AvgIpc) is 2.65. The molecular weight excluding hydrogens is 194 g/mol. The third-order valence-electron chi connectivity index (χ3n) is 1.75. The highest BCUT2D eigenvalue weighted by Crippen LogP contribution is 2.18. The van der Waals surface area contributed by atoms with Gasteiger partial charge in [-0.05, 0) is 18.2 Å². The zero-order valence-electron chi connectivity index (χ0n) is 7.36. The molecule has 1 aromatic carbocycles. The minimum atomic E-state index is 0.287. The number of rotatable bonds is 1. The monoisotopic (exact) mass is 201 g/mol. The Morgan fingerprint density at radius 3 is 3.29 bits per heavy atom. The van der Waals surface area contributed by atoms with E-state index in [-0.39, 0.29) is 6.42 Å². The first-order valence-corrected chi connectivity index (χ1v) is 5.04. The fourth-order valence-corrected chi connectivity index (χ4v) is 1.79. The van der Waals surface area contributed by atoms with Crippen LogP contribution in [0.3, 0.4) is 0 Å². The van der Waals surface area contributed by atoms with Crippen LogP contribution in [0.4, 0.5) is 0 Å². The standard InChI is InChI=1S/C11H7NOS/c13-6-2-1-3-9-4-5-11-10(7-9)12-8-14-11/h4-8H,2H2. The van der Waals surface area contributed by atoms with Gasteiger partial charge < -0.3 is 4.79 Å². The fraction of sp³-hybridized carbons (Fsp3) is 0.0909. The summed E-state index contributed by atoms with van der Waals surface area (Å²) >= 11 is 1.61. The van der Waals surface area contributed by atoms with Gasteiger partial charge in [0.2, 0.25) is 0 Å². The van der Waals surface area contributed by atoms with E-state index in [1.54, 1.807) is 11.3 Å². The van der Waals surface area contributed by atoms with Crippen LogP contribution in [0, 0.1) is 11.8 Å². The van der Waals surface area contributed by atoms with Crippen LogP contribution >= 0.6 is 11.3 Å². The van der Waals surface area contributed by atoms with E-state index in [4.69, 9.17) is 0 Å². The smallest absolute Gasteiger partial charge is 0.131 e. The van der Waals surface area contributed by atoms with Crippen molar-refractivity contribution in [2.75, 3.05) is 0 Å². The van der Waals surface area contributed by atoms with Crippen molar-refractivity contribution in [3.05, 3.63) is 29.3 Å². The van der Waals surface area contributed by atoms with E-state index in [9.17, 15) is 4.79 Å². The van der Waals surface area contributed by atoms with Crippen LogP contribution in [0.15, 0.2) is 23.7 Å². The third-order valence-corrected chi connectivity index (χ3v) is 2.56. The number of aromatic nitrogens is 1. The third kappa shape index (κ3) is 1.81. The second-order valence-corrected chi connectivity index (χ2v) is 3.59. The Hall–Kier alpha value is -1.66. The Morgan fingerprint density at radius 1 is 1.50 bits per heavy atom. The lowest BCUT2D eigenvalue weighted by molar-refractivity contribution is -0.107. The van der Waals surface area contributed by atoms with Gasteiger partial charge in [-0.3, -0.25) is 0 Å². The summed E-state index contributed by atoms with van der Waals surface area (Å²) in [6, 6.07) is 5.87. The molecule has 0 saturated carbocycles. The molecule has 0 fully saturated rings. The predicted molar refractivity (Wildman–Crippen MR) is 57.2 cm³/mol. The maximum Gasteiger partial charge on any atom is 0.131 e. The quantitative estimate of drug-likeness (QED) is 0.523. The molecule has 0 aliphatic rings.